The molecule has 0 aliphatic heterocycles. The molecule has 19 heavy (non-hydrogen) atoms. The Bertz CT molecular complexity index is 610. The summed E-state index contributed by atoms with van der Waals surface area (Å²) in [7, 11) is 0. The molecule has 98 valence electrons. The molecular weight excluding hydrogens is 244 g/mol. The van der Waals surface area contributed by atoms with Crippen molar-refractivity contribution in [3.05, 3.63) is 42.1 Å². The Morgan fingerprint density at radius 2 is 1.95 bits per heavy atom. The summed E-state index contributed by atoms with van der Waals surface area (Å²) in [5.41, 5.74) is 1.72. The van der Waals surface area contributed by atoms with Gasteiger partial charge in [-0.25, -0.2) is 0 Å². The molecule has 1 aromatic carbocycles. The monoisotopic (exact) mass is 258 g/mol. The average molecular weight is 258 g/mol. The molecule has 0 fully saturated rings. The fourth-order valence-corrected chi connectivity index (χ4v) is 1.75. The molecule has 0 saturated carbocycles. The zero-order valence-electron chi connectivity index (χ0n) is 10.3. The molecule has 0 aliphatic rings. The third kappa shape index (κ3) is 3.77. The number of hydrogen-bond donors (Lipinski definition) is 2. The second-order valence-corrected chi connectivity index (χ2v) is 4.17. The number of carbonyl (C=O) groups is 2. The highest BCUT2D eigenvalue weighted by Crippen LogP contribution is 2.12. The number of carboxylic acids is 1. The lowest BCUT2D eigenvalue weighted by molar-refractivity contribution is -0.137. The Morgan fingerprint density at radius 3 is 2.74 bits per heavy atom. The largest absolute Gasteiger partial charge is 0.480 e. The van der Waals surface area contributed by atoms with E-state index in [1.165, 1.54) is 0 Å². The van der Waals surface area contributed by atoms with Crippen LogP contribution in [0.4, 0.5) is 0 Å². The lowest BCUT2D eigenvalue weighted by atomic mass is 10.1. The third-order valence-corrected chi connectivity index (χ3v) is 2.70. The van der Waals surface area contributed by atoms with Gasteiger partial charge in [0.1, 0.15) is 6.54 Å². The van der Waals surface area contributed by atoms with Crippen LogP contribution in [0.1, 0.15) is 12.1 Å². The van der Waals surface area contributed by atoms with Gasteiger partial charge in [-0.2, -0.15) is 0 Å². The molecule has 0 atom stereocenters. The molecule has 2 rings (SSSR count). The molecule has 0 unspecified atom stereocenters. The molecule has 5 nitrogen and oxygen atoms in total. The smallest absolute Gasteiger partial charge is 0.322 e. The fourth-order valence-electron chi connectivity index (χ4n) is 1.75. The van der Waals surface area contributed by atoms with Crippen LogP contribution in [0.3, 0.4) is 0 Å². The SMILES string of the molecule is O=C(O)CNC(=O)CCc1ccc2ccccc2n1. The van der Waals surface area contributed by atoms with Gasteiger partial charge < -0.3 is 10.4 Å². The molecule has 1 aromatic heterocycles. The molecule has 1 heterocycles. The summed E-state index contributed by atoms with van der Waals surface area (Å²) in [6, 6.07) is 11.6. The van der Waals surface area contributed by atoms with Gasteiger partial charge in [0.2, 0.25) is 5.91 Å². The maximum Gasteiger partial charge on any atom is 0.322 e. The summed E-state index contributed by atoms with van der Waals surface area (Å²) >= 11 is 0. The van der Waals surface area contributed by atoms with Gasteiger partial charge in [0.15, 0.2) is 0 Å². The van der Waals surface area contributed by atoms with Crippen LogP contribution in [0.2, 0.25) is 0 Å². The number of hydrogen-bond acceptors (Lipinski definition) is 3. The summed E-state index contributed by atoms with van der Waals surface area (Å²) < 4.78 is 0. The minimum Gasteiger partial charge on any atom is -0.480 e. The first-order valence-corrected chi connectivity index (χ1v) is 5.98. The van der Waals surface area contributed by atoms with Gasteiger partial charge in [-0.05, 0) is 18.6 Å². The molecule has 0 spiro atoms. The number of nitrogens with zero attached hydrogens (tertiary/aromatic N) is 1. The summed E-state index contributed by atoms with van der Waals surface area (Å²) in [6.07, 6.45) is 0.731. The molecule has 0 aliphatic carbocycles. The number of carboxylic acid groups (broad SMARTS) is 1. The standard InChI is InChI=1S/C14H14N2O3/c17-13(15-9-14(18)19)8-7-11-6-5-10-3-1-2-4-12(10)16-11/h1-6H,7-9H2,(H,15,17)(H,18,19). The van der Waals surface area contributed by atoms with Crippen molar-refractivity contribution in [2.24, 2.45) is 0 Å². The highest BCUT2D eigenvalue weighted by atomic mass is 16.4. The van der Waals surface area contributed by atoms with Crippen LogP contribution in [0.15, 0.2) is 36.4 Å². The zero-order valence-corrected chi connectivity index (χ0v) is 10.3. The van der Waals surface area contributed by atoms with Gasteiger partial charge in [-0.3, -0.25) is 14.6 Å². The number of rotatable bonds is 5. The molecule has 5 heteroatoms. The predicted molar refractivity (Wildman–Crippen MR) is 70.7 cm³/mol. The van der Waals surface area contributed by atoms with Crippen LogP contribution >= 0.6 is 0 Å². The number of pyridine rings is 1. The van der Waals surface area contributed by atoms with Crippen LogP contribution in [-0.4, -0.2) is 28.5 Å². The number of carbonyl (C=O) groups excluding carboxylic acids is 1. The number of aromatic nitrogens is 1. The van der Waals surface area contributed by atoms with E-state index in [9.17, 15) is 9.59 Å². The van der Waals surface area contributed by atoms with Crippen LogP contribution < -0.4 is 5.32 Å². The van der Waals surface area contributed by atoms with Crippen LogP contribution in [0.5, 0.6) is 0 Å². The normalized spacial score (nSPS) is 10.3. The minimum atomic E-state index is -1.04. The van der Waals surface area contributed by atoms with Gasteiger partial charge in [-0.15, -0.1) is 0 Å². The van der Waals surface area contributed by atoms with Gasteiger partial charge in [0.05, 0.1) is 5.52 Å². The number of para-hydroxylation sites is 1. The number of nitrogens with one attached hydrogen (secondary N) is 1. The molecule has 0 radical (unpaired) electrons. The van der Waals surface area contributed by atoms with Crippen molar-refractivity contribution >= 4 is 22.8 Å². The van der Waals surface area contributed by atoms with Crippen molar-refractivity contribution in [1.29, 1.82) is 0 Å². The summed E-state index contributed by atoms with van der Waals surface area (Å²) in [5, 5.41) is 11.8. The molecular formula is C14H14N2O3. The Kier molecular flexibility index (Phi) is 4.07. The quantitative estimate of drug-likeness (QED) is 0.848. The number of aryl methyl sites for hydroxylation is 1. The number of benzene rings is 1. The molecule has 0 saturated heterocycles. The van der Waals surface area contributed by atoms with Crippen molar-refractivity contribution in [2.75, 3.05) is 6.54 Å². The fraction of sp³-hybridized carbons (Fsp3) is 0.214. The number of amides is 1. The lowest BCUT2D eigenvalue weighted by Gasteiger charge is -2.03. The number of aliphatic carboxylic acids is 1. The van der Waals surface area contributed by atoms with Gasteiger partial charge >= 0.3 is 5.97 Å². The Hall–Kier alpha value is -2.43. The van der Waals surface area contributed by atoms with Crippen LogP contribution in [0, 0.1) is 0 Å². The third-order valence-electron chi connectivity index (χ3n) is 2.70. The molecule has 0 bridgehead atoms. The van der Waals surface area contributed by atoms with Gasteiger partial charge in [-0.1, -0.05) is 24.3 Å². The molecule has 2 aromatic rings. The summed E-state index contributed by atoms with van der Waals surface area (Å²) in [6.45, 7) is -0.343. The second kappa shape index (κ2) is 5.95. The zero-order chi connectivity index (χ0) is 13.7. The number of fused-ring (bicyclic) bond motifs is 1. The van der Waals surface area contributed by atoms with E-state index in [4.69, 9.17) is 5.11 Å². The van der Waals surface area contributed by atoms with Crippen molar-refractivity contribution in [3.8, 4) is 0 Å². The van der Waals surface area contributed by atoms with E-state index in [1.54, 1.807) is 0 Å². The Morgan fingerprint density at radius 1 is 1.16 bits per heavy atom. The predicted octanol–water partition coefficient (Wildman–Crippen LogP) is 1.37. The highest BCUT2D eigenvalue weighted by Gasteiger charge is 2.05. The van der Waals surface area contributed by atoms with E-state index >= 15 is 0 Å². The first-order chi connectivity index (χ1) is 9.15. The maximum atomic E-state index is 11.4. The van der Waals surface area contributed by atoms with Crippen LogP contribution in [-0.2, 0) is 16.0 Å². The van der Waals surface area contributed by atoms with Crippen molar-refractivity contribution in [2.45, 2.75) is 12.8 Å². The maximum absolute atomic E-state index is 11.4. The Labute approximate surface area is 110 Å². The highest BCUT2D eigenvalue weighted by molar-refractivity contribution is 5.81. The van der Waals surface area contributed by atoms with E-state index < -0.39 is 5.97 Å². The lowest BCUT2D eigenvalue weighted by Crippen LogP contribution is -2.29. The summed E-state index contributed by atoms with van der Waals surface area (Å²) in [4.78, 5) is 26.1. The van der Waals surface area contributed by atoms with E-state index in [0.29, 0.717) is 6.42 Å². The second-order valence-electron chi connectivity index (χ2n) is 4.17. The minimum absolute atomic E-state index is 0.235. The summed E-state index contributed by atoms with van der Waals surface area (Å²) in [5.74, 6) is -1.32. The van der Waals surface area contributed by atoms with E-state index in [-0.39, 0.29) is 18.9 Å². The van der Waals surface area contributed by atoms with E-state index in [1.807, 2.05) is 36.4 Å². The molecule has 1 amide bonds. The topological polar surface area (TPSA) is 79.3 Å². The van der Waals surface area contributed by atoms with E-state index in [0.717, 1.165) is 16.6 Å². The van der Waals surface area contributed by atoms with Crippen molar-refractivity contribution in [1.82, 2.24) is 10.3 Å². The van der Waals surface area contributed by atoms with Gasteiger partial charge in [0, 0.05) is 17.5 Å². The average Bonchev–Trinajstić information content (AvgIpc) is 2.42. The van der Waals surface area contributed by atoms with E-state index in [2.05, 4.69) is 10.3 Å². The van der Waals surface area contributed by atoms with Crippen molar-refractivity contribution < 1.29 is 14.7 Å². The van der Waals surface area contributed by atoms with Gasteiger partial charge in [0.25, 0.3) is 0 Å². The van der Waals surface area contributed by atoms with Crippen molar-refractivity contribution in [3.63, 3.8) is 0 Å². The van der Waals surface area contributed by atoms with Crippen LogP contribution in [0.25, 0.3) is 10.9 Å². The molecule has 2 N–H and O–H groups in total. The Balaban J connectivity index is 1.94. The first-order valence-electron chi connectivity index (χ1n) is 5.98. The first kappa shape index (κ1) is 13.0.